The van der Waals surface area contributed by atoms with Crippen LogP contribution in [0, 0.1) is 11.3 Å². The molecular weight excluding hydrogens is 300 g/mol. The van der Waals surface area contributed by atoms with Gasteiger partial charge in [-0.05, 0) is 37.8 Å². The van der Waals surface area contributed by atoms with Crippen LogP contribution in [0.2, 0.25) is 0 Å². The van der Waals surface area contributed by atoms with E-state index in [4.69, 9.17) is 5.26 Å². The van der Waals surface area contributed by atoms with Crippen molar-refractivity contribution in [2.45, 2.75) is 37.0 Å². The molecule has 1 aromatic rings. The molecule has 118 valence electrons. The van der Waals surface area contributed by atoms with Crippen LogP contribution >= 0.6 is 0 Å². The van der Waals surface area contributed by atoms with Gasteiger partial charge in [-0.2, -0.15) is 9.57 Å². The Morgan fingerprint density at radius 1 is 1.36 bits per heavy atom. The van der Waals surface area contributed by atoms with Crippen molar-refractivity contribution in [1.29, 1.82) is 5.26 Å². The molecule has 1 saturated carbocycles. The second-order valence-electron chi connectivity index (χ2n) is 6.00. The Kier molecular flexibility index (Phi) is 4.06. The number of sulfonamides is 1. The molecule has 0 aromatic carbocycles. The quantitative estimate of drug-likeness (QED) is 0.837. The Balaban J connectivity index is 1.75. The van der Waals surface area contributed by atoms with E-state index in [9.17, 15) is 8.42 Å². The van der Waals surface area contributed by atoms with Gasteiger partial charge in [0, 0.05) is 26.2 Å². The molecule has 2 fully saturated rings. The molecule has 7 heteroatoms. The molecule has 22 heavy (non-hydrogen) atoms. The van der Waals surface area contributed by atoms with Crippen molar-refractivity contribution >= 4 is 15.8 Å². The molecule has 0 spiro atoms. The minimum Gasteiger partial charge on any atom is -0.355 e. The highest BCUT2D eigenvalue weighted by Gasteiger charge is 2.41. The number of nitrogens with zero attached hydrogens (tertiary/aromatic N) is 4. The SMILES string of the molecule is CN(C1CCCN(c2cccc(C#N)n2)C1)S(=O)(=O)C1CC1. The smallest absolute Gasteiger partial charge is 0.217 e. The first kappa shape index (κ1) is 15.3. The molecule has 3 rings (SSSR count). The maximum Gasteiger partial charge on any atom is 0.217 e. The average molecular weight is 320 g/mol. The minimum absolute atomic E-state index is 0.0214. The zero-order valence-electron chi connectivity index (χ0n) is 12.6. The lowest BCUT2D eigenvalue weighted by Gasteiger charge is -2.37. The van der Waals surface area contributed by atoms with Crippen LogP contribution in [0.5, 0.6) is 0 Å². The monoisotopic (exact) mass is 320 g/mol. The molecule has 6 nitrogen and oxygen atoms in total. The van der Waals surface area contributed by atoms with Gasteiger partial charge in [-0.1, -0.05) is 6.07 Å². The molecular formula is C15H20N4O2S. The van der Waals surface area contributed by atoms with E-state index in [1.807, 2.05) is 18.2 Å². The topological polar surface area (TPSA) is 77.3 Å². The summed E-state index contributed by atoms with van der Waals surface area (Å²) in [6.07, 6.45) is 3.37. The highest BCUT2D eigenvalue weighted by molar-refractivity contribution is 7.90. The number of hydrogen-bond donors (Lipinski definition) is 0. The molecule has 1 atom stereocenters. The zero-order chi connectivity index (χ0) is 15.7. The third kappa shape index (κ3) is 2.94. The zero-order valence-corrected chi connectivity index (χ0v) is 13.5. The van der Waals surface area contributed by atoms with Crippen molar-refractivity contribution in [3.05, 3.63) is 23.9 Å². The van der Waals surface area contributed by atoms with Crippen LogP contribution in [-0.4, -0.2) is 49.1 Å². The largest absolute Gasteiger partial charge is 0.355 e. The molecule has 0 radical (unpaired) electrons. The predicted octanol–water partition coefficient (Wildman–Crippen LogP) is 1.35. The van der Waals surface area contributed by atoms with E-state index < -0.39 is 10.0 Å². The van der Waals surface area contributed by atoms with Crippen molar-refractivity contribution in [1.82, 2.24) is 9.29 Å². The van der Waals surface area contributed by atoms with Gasteiger partial charge in [0.2, 0.25) is 10.0 Å². The molecule has 0 bridgehead atoms. The van der Waals surface area contributed by atoms with E-state index in [-0.39, 0.29) is 11.3 Å². The lowest BCUT2D eigenvalue weighted by Crippen LogP contribution is -2.49. The number of aromatic nitrogens is 1. The van der Waals surface area contributed by atoms with E-state index in [1.165, 1.54) is 0 Å². The number of piperidine rings is 1. The summed E-state index contributed by atoms with van der Waals surface area (Å²) in [6, 6.07) is 7.39. The van der Waals surface area contributed by atoms with Crippen molar-refractivity contribution in [3.63, 3.8) is 0 Å². The normalized spacial score (nSPS) is 22.6. The van der Waals surface area contributed by atoms with Crippen LogP contribution in [0.1, 0.15) is 31.4 Å². The van der Waals surface area contributed by atoms with Gasteiger partial charge in [0.05, 0.1) is 5.25 Å². The first-order chi connectivity index (χ1) is 10.5. The van der Waals surface area contributed by atoms with Crippen molar-refractivity contribution in [2.75, 3.05) is 25.0 Å². The molecule has 1 aliphatic carbocycles. The van der Waals surface area contributed by atoms with Gasteiger partial charge < -0.3 is 4.90 Å². The van der Waals surface area contributed by atoms with Crippen LogP contribution in [0.3, 0.4) is 0 Å². The highest BCUT2D eigenvalue weighted by atomic mass is 32.2. The van der Waals surface area contributed by atoms with Crippen molar-refractivity contribution < 1.29 is 8.42 Å². The molecule has 0 amide bonds. The van der Waals surface area contributed by atoms with Gasteiger partial charge >= 0.3 is 0 Å². The third-order valence-corrected chi connectivity index (χ3v) is 6.85. The summed E-state index contributed by atoms with van der Waals surface area (Å²) >= 11 is 0. The van der Waals surface area contributed by atoms with Gasteiger partial charge in [0.1, 0.15) is 17.6 Å². The maximum atomic E-state index is 12.4. The fraction of sp³-hybridized carbons (Fsp3) is 0.600. The van der Waals surface area contributed by atoms with Crippen LogP contribution in [0.4, 0.5) is 5.82 Å². The Morgan fingerprint density at radius 3 is 2.82 bits per heavy atom. The number of likely N-dealkylation sites (N-methyl/N-ethyl adjacent to an activating group) is 1. The van der Waals surface area contributed by atoms with Crippen LogP contribution in [0.15, 0.2) is 18.2 Å². The van der Waals surface area contributed by atoms with Crippen LogP contribution in [0.25, 0.3) is 0 Å². The lowest BCUT2D eigenvalue weighted by molar-refractivity contribution is 0.319. The van der Waals surface area contributed by atoms with Gasteiger partial charge in [-0.25, -0.2) is 13.4 Å². The molecule has 1 unspecified atom stereocenters. The van der Waals surface area contributed by atoms with Crippen LogP contribution in [-0.2, 0) is 10.0 Å². The summed E-state index contributed by atoms with van der Waals surface area (Å²) in [7, 11) is -1.45. The summed E-state index contributed by atoms with van der Waals surface area (Å²) in [5, 5.41) is 8.78. The van der Waals surface area contributed by atoms with Crippen molar-refractivity contribution in [2.24, 2.45) is 0 Å². The summed E-state index contributed by atoms with van der Waals surface area (Å²) in [5.74, 6) is 0.751. The van der Waals surface area contributed by atoms with Gasteiger partial charge in [0.15, 0.2) is 0 Å². The molecule has 2 aliphatic rings. The number of hydrogen-bond acceptors (Lipinski definition) is 5. The van der Waals surface area contributed by atoms with E-state index in [1.54, 1.807) is 17.4 Å². The molecule has 1 aliphatic heterocycles. The lowest BCUT2D eigenvalue weighted by atomic mass is 10.1. The number of rotatable bonds is 4. The summed E-state index contributed by atoms with van der Waals surface area (Å²) in [4.78, 5) is 6.39. The second kappa shape index (κ2) is 5.86. The number of anilines is 1. The molecule has 1 saturated heterocycles. The Hall–Kier alpha value is -1.65. The van der Waals surface area contributed by atoms with Gasteiger partial charge in [-0.3, -0.25) is 0 Å². The van der Waals surface area contributed by atoms with Crippen LogP contribution < -0.4 is 4.90 Å². The van der Waals surface area contributed by atoms with E-state index in [0.29, 0.717) is 12.2 Å². The van der Waals surface area contributed by atoms with E-state index in [2.05, 4.69) is 9.88 Å². The Morgan fingerprint density at radius 2 is 2.14 bits per heavy atom. The van der Waals surface area contributed by atoms with E-state index in [0.717, 1.165) is 38.0 Å². The first-order valence-corrected chi connectivity index (χ1v) is 9.11. The maximum absolute atomic E-state index is 12.4. The van der Waals surface area contributed by atoms with Gasteiger partial charge in [-0.15, -0.1) is 0 Å². The molecule has 2 heterocycles. The standard InChI is InChI=1S/C15H20N4O2S/c1-18(22(20,21)14-7-8-14)13-5-3-9-19(11-13)15-6-2-4-12(10-16)17-15/h2,4,6,13-14H,3,5,7-9,11H2,1H3. The highest BCUT2D eigenvalue weighted by Crippen LogP contribution is 2.32. The summed E-state index contributed by atoms with van der Waals surface area (Å²) < 4.78 is 26.3. The number of nitriles is 1. The summed E-state index contributed by atoms with van der Waals surface area (Å²) in [5.41, 5.74) is 0.388. The molecule has 0 N–H and O–H groups in total. The average Bonchev–Trinajstić information content (AvgIpc) is 3.39. The van der Waals surface area contributed by atoms with Crippen molar-refractivity contribution in [3.8, 4) is 6.07 Å². The third-order valence-electron chi connectivity index (χ3n) is 4.43. The number of pyridine rings is 1. The van der Waals surface area contributed by atoms with E-state index >= 15 is 0 Å². The molecule has 1 aromatic heterocycles. The fourth-order valence-corrected chi connectivity index (χ4v) is 4.72. The fourth-order valence-electron chi connectivity index (χ4n) is 2.93. The Labute approximate surface area is 131 Å². The summed E-state index contributed by atoms with van der Waals surface area (Å²) in [6.45, 7) is 1.47. The predicted molar refractivity (Wildman–Crippen MR) is 83.9 cm³/mol. The first-order valence-electron chi connectivity index (χ1n) is 7.61. The Bertz CT molecular complexity index is 694. The second-order valence-corrected chi connectivity index (χ2v) is 8.27. The minimum atomic E-state index is -3.15. The van der Waals surface area contributed by atoms with Gasteiger partial charge in [0.25, 0.3) is 0 Å².